The zero-order valence-electron chi connectivity index (χ0n) is 11.7. The van der Waals surface area contributed by atoms with Crippen LogP contribution in [0.1, 0.15) is 18.2 Å². The largest absolute Gasteiger partial charge is 0.493 e. The van der Waals surface area contributed by atoms with Gasteiger partial charge in [-0.15, -0.1) is 0 Å². The zero-order valence-corrected chi connectivity index (χ0v) is 11.7. The summed E-state index contributed by atoms with van der Waals surface area (Å²) < 4.78 is 15.7. The first-order valence-corrected chi connectivity index (χ1v) is 6.23. The fourth-order valence-electron chi connectivity index (χ4n) is 2.02. The van der Waals surface area contributed by atoms with Crippen LogP contribution in [-0.4, -0.2) is 25.5 Å². The maximum atomic E-state index is 11.7. The minimum absolute atomic E-state index is 0.0687. The predicted octanol–water partition coefficient (Wildman–Crippen LogP) is 2.42. The van der Waals surface area contributed by atoms with E-state index in [1.807, 2.05) is 12.1 Å². The molecule has 0 aliphatic heterocycles. The van der Waals surface area contributed by atoms with Gasteiger partial charge >= 0.3 is 5.97 Å². The van der Waals surface area contributed by atoms with Crippen molar-refractivity contribution in [2.75, 3.05) is 13.7 Å². The molecule has 1 heterocycles. The van der Waals surface area contributed by atoms with Gasteiger partial charge in [0.1, 0.15) is 12.4 Å². The third-order valence-electron chi connectivity index (χ3n) is 2.96. The van der Waals surface area contributed by atoms with Crippen LogP contribution in [-0.2, 0) is 20.7 Å². The van der Waals surface area contributed by atoms with E-state index in [9.17, 15) is 9.59 Å². The second kappa shape index (κ2) is 5.77. The Bertz CT molecular complexity index is 654. The molecular formula is C15H16O5. The second-order valence-corrected chi connectivity index (χ2v) is 4.51. The Balaban J connectivity index is 2.28. The molecule has 0 atom stereocenters. The lowest BCUT2D eigenvalue weighted by Gasteiger charge is -2.02. The molecule has 0 unspecified atom stereocenters. The highest BCUT2D eigenvalue weighted by molar-refractivity contribution is 5.90. The molecule has 0 spiro atoms. The number of ether oxygens (including phenoxy) is 2. The predicted molar refractivity (Wildman–Crippen MR) is 72.8 cm³/mol. The Hall–Kier alpha value is -2.30. The molecule has 2 rings (SSSR count). The summed E-state index contributed by atoms with van der Waals surface area (Å²) >= 11 is 0. The minimum Gasteiger partial charge on any atom is -0.493 e. The van der Waals surface area contributed by atoms with Gasteiger partial charge < -0.3 is 13.9 Å². The number of carbonyl (C=O) groups excluding carboxylic acids is 2. The normalized spacial score (nSPS) is 10.6. The number of methoxy groups -OCH3 is 1. The van der Waals surface area contributed by atoms with Gasteiger partial charge in [0.15, 0.2) is 17.1 Å². The van der Waals surface area contributed by atoms with Crippen molar-refractivity contribution in [2.24, 2.45) is 0 Å². The summed E-state index contributed by atoms with van der Waals surface area (Å²) in [6.45, 7) is 2.96. The average molecular weight is 276 g/mol. The third kappa shape index (κ3) is 2.82. The summed E-state index contributed by atoms with van der Waals surface area (Å²) in [6, 6.07) is 5.49. The molecule has 106 valence electrons. The quantitative estimate of drug-likeness (QED) is 0.785. The van der Waals surface area contributed by atoms with Gasteiger partial charge in [0.25, 0.3) is 0 Å². The highest BCUT2D eigenvalue weighted by Crippen LogP contribution is 2.32. The molecule has 5 heteroatoms. The fraction of sp³-hybridized carbons (Fsp3) is 0.333. The Morgan fingerprint density at radius 3 is 2.70 bits per heavy atom. The van der Waals surface area contributed by atoms with E-state index < -0.39 is 5.97 Å². The lowest BCUT2D eigenvalue weighted by Crippen LogP contribution is -2.13. The van der Waals surface area contributed by atoms with Gasteiger partial charge in [-0.1, -0.05) is 12.1 Å². The van der Waals surface area contributed by atoms with Crippen LogP contribution in [0.15, 0.2) is 22.6 Å². The molecule has 0 saturated heterocycles. The Morgan fingerprint density at radius 1 is 1.30 bits per heavy atom. The maximum absolute atomic E-state index is 11.7. The number of hydrogen-bond donors (Lipinski definition) is 0. The number of rotatable bonds is 5. The molecule has 0 aliphatic rings. The first-order valence-electron chi connectivity index (χ1n) is 6.23. The van der Waals surface area contributed by atoms with Crippen molar-refractivity contribution in [3.8, 4) is 5.75 Å². The molecule has 5 nitrogen and oxygen atoms in total. The molecule has 1 aromatic carbocycles. The van der Waals surface area contributed by atoms with Crippen molar-refractivity contribution in [3.63, 3.8) is 0 Å². The number of aryl methyl sites for hydroxylation is 1. The van der Waals surface area contributed by atoms with E-state index >= 15 is 0 Å². The van der Waals surface area contributed by atoms with Gasteiger partial charge in [-0.2, -0.15) is 0 Å². The van der Waals surface area contributed by atoms with E-state index in [4.69, 9.17) is 13.9 Å². The van der Waals surface area contributed by atoms with E-state index in [1.54, 1.807) is 20.1 Å². The van der Waals surface area contributed by atoms with Gasteiger partial charge in [-0.3, -0.25) is 9.59 Å². The first-order chi connectivity index (χ1) is 9.52. The van der Waals surface area contributed by atoms with Crippen molar-refractivity contribution < 1.29 is 23.5 Å². The number of furan rings is 1. The topological polar surface area (TPSA) is 65.7 Å². The molecule has 0 saturated carbocycles. The maximum Gasteiger partial charge on any atom is 0.310 e. The molecule has 0 amide bonds. The minimum atomic E-state index is -0.450. The van der Waals surface area contributed by atoms with Crippen LogP contribution in [0.25, 0.3) is 11.0 Å². The van der Waals surface area contributed by atoms with E-state index in [-0.39, 0.29) is 18.8 Å². The number of hydrogen-bond acceptors (Lipinski definition) is 5. The van der Waals surface area contributed by atoms with Gasteiger partial charge in [-0.05, 0) is 19.9 Å². The summed E-state index contributed by atoms with van der Waals surface area (Å²) in [5.74, 6) is 0.626. The van der Waals surface area contributed by atoms with E-state index in [2.05, 4.69) is 0 Å². The number of Topliss-reactive ketones (excluding diaryl/α,β-unsaturated/α-hetero) is 1. The first kappa shape index (κ1) is 14.1. The van der Waals surface area contributed by atoms with Crippen LogP contribution in [0.2, 0.25) is 0 Å². The molecule has 20 heavy (non-hydrogen) atoms. The van der Waals surface area contributed by atoms with Crippen molar-refractivity contribution in [1.82, 2.24) is 0 Å². The summed E-state index contributed by atoms with van der Waals surface area (Å²) in [5.41, 5.74) is 1.37. The van der Waals surface area contributed by atoms with E-state index in [0.717, 1.165) is 10.9 Å². The van der Waals surface area contributed by atoms with E-state index in [1.165, 1.54) is 6.92 Å². The highest BCUT2D eigenvalue weighted by Gasteiger charge is 2.17. The van der Waals surface area contributed by atoms with Crippen molar-refractivity contribution in [1.29, 1.82) is 0 Å². The SMILES string of the molecule is COc1cccc2c(CC(=O)OCC(C)=O)c(C)oc12. The molecule has 0 fully saturated rings. The number of ketones is 1. The fourth-order valence-corrected chi connectivity index (χ4v) is 2.02. The van der Waals surface area contributed by atoms with Crippen LogP contribution in [0.3, 0.4) is 0 Å². The van der Waals surface area contributed by atoms with Crippen LogP contribution >= 0.6 is 0 Å². The zero-order chi connectivity index (χ0) is 14.7. The molecule has 2 aromatic rings. The molecule has 0 radical (unpaired) electrons. The molecule has 0 aliphatic carbocycles. The van der Waals surface area contributed by atoms with Gasteiger partial charge in [-0.25, -0.2) is 0 Å². The van der Waals surface area contributed by atoms with Gasteiger partial charge in [0.05, 0.1) is 13.5 Å². The number of benzene rings is 1. The number of fused-ring (bicyclic) bond motifs is 1. The lowest BCUT2D eigenvalue weighted by atomic mass is 10.1. The molecule has 1 aromatic heterocycles. The third-order valence-corrected chi connectivity index (χ3v) is 2.96. The number of para-hydroxylation sites is 1. The van der Waals surface area contributed by atoms with E-state index in [0.29, 0.717) is 17.1 Å². The molecule has 0 bridgehead atoms. The number of carbonyl (C=O) groups is 2. The molecule has 0 N–H and O–H groups in total. The van der Waals surface area contributed by atoms with Crippen molar-refractivity contribution in [3.05, 3.63) is 29.5 Å². The smallest absolute Gasteiger partial charge is 0.310 e. The molecular weight excluding hydrogens is 260 g/mol. The Labute approximate surface area is 116 Å². The summed E-state index contributed by atoms with van der Waals surface area (Å²) in [4.78, 5) is 22.5. The number of esters is 1. The van der Waals surface area contributed by atoms with Crippen molar-refractivity contribution >= 4 is 22.7 Å². The highest BCUT2D eigenvalue weighted by atomic mass is 16.5. The summed E-state index contributed by atoms with van der Waals surface area (Å²) in [7, 11) is 1.56. The van der Waals surface area contributed by atoms with Gasteiger partial charge in [0, 0.05) is 10.9 Å². The average Bonchev–Trinajstić information content (AvgIpc) is 2.73. The van der Waals surface area contributed by atoms with Gasteiger partial charge in [0.2, 0.25) is 0 Å². The van der Waals surface area contributed by atoms with Crippen molar-refractivity contribution in [2.45, 2.75) is 20.3 Å². The van der Waals surface area contributed by atoms with Crippen LogP contribution < -0.4 is 4.74 Å². The standard InChI is InChI=1S/C15H16O5/c1-9(16)8-19-14(17)7-12-10(2)20-15-11(12)5-4-6-13(15)18-3/h4-6H,7-8H2,1-3H3. The summed E-state index contributed by atoms with van der Waals surface area (Å²) in [6.07, 6.45) is 0.0687. The Morgan fingerprint density at radius 2 is 2.05 bits per heavy atom. The van der Waals surface area contributed by atoms with Crippen LogP contribution in [0.5, 0.6) is 5.75 Å². The Kier molecular flexibility index (Phi) is 4.08. The monoisotopic (exact) mass is 276 g/mol. The van der Waals surface area contributed by atoms with Crippen LogP contribution in [0.4, 0.5) is 0 Å². The second-order valence-electron chi connectivity index (χ2n) is 4.51. The lowest BCUT2D eigenvalue weighted by molar-refractivity contribution is -0.146. The van der Waals surface area contributed by atoms with Crippen LogP contribution in [0, 0.1) is 6.92 Å². The summed E-state index contributed by atoms with van der Waals surface area (Å²) in [5, 5.41) is 0.821.